The second-order valence-corrected chi connectivity index (χ2v) is 9.05. The summed E-state index contributed by atoms with van der Waals surface area (Å²) in [5.41, 5.74) is 9.04. The minimum absolute atomic E-state index is 0.117. The molecule has 34 heavy (non-hydrogen) atoms. The molecule has 3 N–H and O–H groups in total. The lowest BCUT2D eigenvalue weighted by Gasteiger charge is -2.12. The van der Waals surface area contributed by atoms with Crippen LogP contribution in [-0.2, 0) is 4.79 Å². The van der Waals surface area contributed by atoms with Gasteiger partial charge in [0.15, 0.2) is 16.1 Å². The molecule has 0 aliphatic rings. The van der Waals surface area contributed by atoms with Crippen molar-refractivity contribution in [2.75, 3.05) is 11.1 Å². The van der Waals surface area contributed by atoms with Crippen LogP contribution in [0, 0.1) is 6.92 Å². The van der Waals surface area contributed by atoms with Crippen LogP contribution in [0.3, 0.4) is 0 Å². The van der Waals surface area contributed by atoms with Gasteiger partial charge in [-0.2, -0.15) is 0 Å². The lowest BCUT2D eigenvalue weighted by Crippen LogP contribution is -2.44. The van der Waals surface area contributed by atoms with E-state index in [4.69, 9.17) is 23.8 Å². The van der Waals surface area contributed by atoms with Gasteiger partial charge in [0.05, 0.1) is 5.75 Å². The molecule has 4 rings (SSSR count). The molecule has 1 amide bonds. The fraction of sp³-hybridized carbons (Fsp3) is 0.0833. The third-order valence-electron chi connectivity index (χ3n) is 4.71. The maximum atomic E-state index is 12.4. The molecule has 7 nitrogen and oxygen atoms in total. The monoisotopic (exact) mass is 508 g/mol. The fourth-order valence-electron chi connectivity index (χ4n) is 3.05. The lowest BCUT2D eigenvalue weighted by atomic mass is 10.2. The molecular formula is C24H21ClN6OS2. The predicted molar refractivity (Wildman–Crippen MR) is 141 cm³/mol. The number of thiocarbonyl (C=S) groups is 1. The maximum absolute atomic E-state index is 12.4. The van der Waals surface area contributed by atoms with Crippen LogP contribution in [0.15, 0.2) is 84.0 Å². The summed E-state index contributed by atoms with van der Waals surface area (Å²) >= 11 is 12.5. The number of nitrogens with one attached hydrogen (secondary N) is 3. The molecule has 1 aromatic heterocycles. The molecule has 0 unspecified atom stereocenters. The van der Waals surface area contributed by atoms with Gasteiger partial charge in [-0.05, 0) is 67.7 Å². The number of nitrogens with zero attached hydrogens (tertiary/aromatic N) is 3. The van der Waals surface area contributed by atoms with Crippen LogP contribution >= 0.6 is 35.6 Å². The SMILES string of the molecule is Cc1ccc(-n2c(SCC(=O)NNC(=S)Nc3ccccc3)nnc2-c2ccc(Cl)cc2)cc1. The van der Waals surface area contributed by atoms with Crippen molar-refractivity contribution >= 4 is 52.3 Å². The Hall–Kier alpha value is -3.40. The van der Waals surface area contributed by atoms with E-state index in [9.17, 15) is 4.79 Å². The smallest absolute Gasteiger partial charge is 0.248 e. The number of carbonyl (C=O) groups is 1. The predicted octanol–water partition coefficient (Wildman–Crippen LogP) is 5.01. The maximum Gasteiger partial charge on any atom is 0.248 e. The molecule has 0 bridgehead atoms. The van der Waals surface area contributed by atoms with Gasteiger partial charge in [-0.25, -0.2) is 0 Å². The van der Waals surface area contributed by atoms with Crippen molar-refractivity contribution in [3.63, 3.8) is 0 Å². The van der Waals surface area contributed by atoms with Crippen molar-refractivity contribution in [3.05, 3.63) is 89.4 Å². The molecule has 0 spiro atoms. The van der Waals surface area contributed by atoms with Gasteiger partial charge in [0, 0.05) is 22.0 Å². The molecule has 1 heterocycles. The van der Waals surface area contributed by atoms with Crippen LogP contribution < -0.4 is 16.2 Å². The van der Waals surface area contributed by atoms with E-state index in [0.29, 0.717) is 16.0 Å². The number of hydrazine groups is 1. The van der Waals surface area contributed by atoms with Gasteiger partial charge in [0.25, 0.3) is 0 Å². The van der Waals surface area contributed by atoms with Crippen molar-refractivity contribution in [2.24, 2.45) is 0 Å². The number of carbonyl (C=O) groups excluding carboxylic acids is 1. The van der Waals surface area contributed by atoms with Gasteiger partial charge in [0.2, 0.25) is 5.91 Å². The van der Waals surface area contributed by atoms with Crippen LogP contribution in [0.1, 0.15) is 5.56 Å². The molecule has 0 fully saturated rings. The molecule has 172 valence electrons. The van der Waals surface area contributed by atoms with Gasteiger partial charge in [-0.1, -0.05) is 59.3 Å². The van der Waals surface area contributed by atoms with E-state index < -0.39 is 0 Å². The summed E-state index contributed by atoms with van der Waals surface area (Å²) < 4.78 is 1.93. The van der Waals surface area contributed by atoms with Crippen LogP contribution in [-0.4, -0.2) is 31.5 Å². The molecule has 4 aromatic rings. The van der Waals surface area contributed by atoms with E-state index in [0.717, 1.165) is 22.5 Å². The normalized spacial score (nSPS) is 10.5. The molecule has 0 aliphatic heterocycles. The van der Waals surface area contributed by atoms with Gasteiger partial charge in [-0.15, -0.1) is 10.2 Å². The van der Waals surface area contributed by atoms with E-state index >= 15 is 0 Å². The number of halogens is 1. The number of para-hydroxylation sites is 1. The summed E-state index contributed by atoms with van der Waals surface area (Å²) in [7, 11) is 0. The zero-order chi connectivity index (χ0) is 23.9. The standard InChI is InChI=1S/C24H21ClN6OS2/c1-16-7-13-20(14-8-16)31-22(17-9-11-18(25)12-10-17)28-30-24(31)34-15-21(32)27-29-23(33)26-19-5-3-2-4-6-19/h2-14H,15H2,1H3,(H,27,32)(H2,26,29,33). The topological polar surface area (TPSA) is 83.9 Å². The van der Waals surface area contributed by atoms with Crippen molar-refractivity contribution in [1.82, 2.24) is 25.6 Å². The van der Waals surface area contributed by atoms with Gasteiger partial charge in [-0.3, -0.25) is 20.2 Å². The number of aromatic nitrogens is 3. The Morgan fingerprint density at radius 2 is 1.68 bits per heavy atom. The van der Waals surface area contributed by atoms with Crippen molar-refractivity contribution in [2.45, 2.75) is 12.1 Å². The summed E-state index contributed by atoms with van der Waals surface area (Å²) in [4.78, 5) is 12.4. The first-order valence-electron chi connectivity index (χ1n) is 10.3. The summed E-state index contributed by atoms with van der Waals surface area (Å²) in [6.45, 7) is 2.03. The lowest BCUT2D eigenvalue weighted by molar-refractivity contribution is -0.119. The summed E-state index contributed by atoms with van der Waals surface area (Å²) in [5, 5.41) is 13.2. The summed E-state index contributed by atoms with van der Waals surface area (Å²) in [5.74, 6) is 0.523. The Bertz CT molecular complexity index is 1280. The van der Waals surface area contributed by atoms with Crippen LogP contribution in [0.5, 0.6) is 0 Å². The van der Waals surface area contributed by atoms with E-state index in [-0.39, 0.29) is 16.8 Å². The number of thioether (sulfide) groups is 1. The highest BCUT2D eigenvalue weighted by molar-refractivity contribution is 7.99. The molecule has 3 aromatic carbocycles. The zero-order valence-corrected chi connectivity index (χ0v) is 20.5. The second-order valence-electron chi connectivity index (χ2n) is 7.27. The van der Waals surface area contributed by atoms with Crippen molar-refractivity contribution in [3.8, 4) is 17.1 Å². The van der Waals surface area contributed by atoms with Gasteiger partial charge in [0.1, 0.15) is 0 Å². The summed E-state index contributed by atoms with van der Waals surface area (Å²) in [6.07, 6.45) is 0. The molecule has 0 saturated heterocycles. The van der Waals surface area contributed by atoms with E-state index in [1.54, 1.807) is 0 Å². The Balaban J connectivity index is 1.45. The highest BCUT2D eigenvalue weighted by Gasteiger charge is 2.17. The molecule has 0 radical (unpaired) electrons. The fourth-order valence-corrected chi connectivity index (χ4v) is 4.10. The minimum Gasteiger partial charge on any atom is -0.331 e. The highest BCUT2D eigenvalue weighted by Crippen LogP contribution is 2.28. The molecule has 0 atom stereocenters. The van der Waals surface area contributed by atoms with E-state index in [1.165, 1.54) is 11.8 Å². The Kier molecular flexibility index (Phi) is 7.79. The number of amides is 1. The molecular weight excluding hydrogens is 488 g/mol. The number of aryl methyl sites for hydroxylation is 1. The third kappa shape index (κ3) is 6.13. The first-order chi connectivity index (χ1) is 16.5. The average Bonchev–Trinajstić information content (AvgIpc) is 3.27. The molecule has 10 heteroatoms. The van der Waals surface area contributed by atoms with E-state index in [1.807, 2.05) is 90.4 Å². The Morgan fingerprint density at radius 3 is 2.38 bits per heavy atom. The van der Waals surface area contributed by atoms with E-state index in [2.05, 4.69) is 26.4 Å². The number of anilines is 1. The van der Waals surface area contributed by atoms with Crippen LogP contribution in [0.2, 0.25) is 5.02 Å². The van der Waals surface area contributed by atoms with Crippen LogP contribution in [0.4, 0.5) is 5.69 Å². The average molecular weight is 509 g/mol. The van der Waals surface area contributed by atoms with Crippen LogP contribution in [0.25, 0.3) is 17.1 Å². The molecule has 0 aliphatic carbocycles. The number of hydrogen-bond acceptors (Lipinski definition) is 5. The minimum atomic E-state index is -0.256. The van der Waals surface area contributed by atoms with Crippen molar-refractivity contribution < 1.29 is 4.79 Å². The Morgan fingerprint density at radius 1 is 0.971 bits per heavy atom. The largest absolute Gasteiger partial charge is 0.331 e. The highest BCUT2D eigenvalue weighted by atomic mass is 35.5. The second kappa shape index (κ2) is 11.1. The van der Waals surface area contributed by atoms with Gasteiger partial charge >= 0.3 is 0 Å². The number of benzene rings is 3. The number of hydrogen-bond donors (Lipinski definition) is 3. The van der Waals surface area contributed by atoms with Gasteiger partial charge < -0.3 is 5.32 Å². The zero-order valence-electron chi connectivity index (χ0n) is 18.2. The number of rotatable bonds is 6. The Labute approximate surface area is 211 Å². The third-order valence-corrected chi connectivity index (χ3v) is 6.09. The first-order valence-corrected chi connectivity index (χ1v) is 12.1. The first kappa shape index (κ1) is 23.7. The molecule has 0 saturated carbocycles. The quantitative estimate of drug-likeness (QED) is 0.192. The van der Waals surface area contributed by atoms with Crippen molar-refractivity contribution in [1.29, 1.82) is 0 Å². The summed E-state index contributed by atoms with van der Waals surface area (Å²) in [6, 6.07) is 24.9.